The average molecular weight is 304 g/mol. The molecule has 0 bridgehead atoms. The molecular weight excluding hydrogens is 293 g/mol. The highest BCUT2D eigenvalue weighted by atomic mass is 79.9. The molecule has 0 radical (unpaired) electrons. The van der Waals surface area contributed by atoms with Crippen molar-refractivity contribution in [3.05, 3.63) is 28.5 Å². The lowest BCUT2D eigenvalue weighted by Gasteiger charge is -2.08. The first-order valence-corrected chi connectivity index (χ1v) is 5.54. The zero-order chi connectivity index (χ0) is 12.8. The van der Waals surface area contributed by atoms with Crippen molar-refractivity contribution in [3.63, 3.8) is 0 Å². The second kappa shape index (κ2) is 6.31. The third-order valence-electron chi connectivity index (χ3n) is 1.86. The highest BCUT2D eigenvalue weighted by Crippen LogP contribution is 2.24. The minimum absolute atomic E-state index is 0.0412. The lowest BCUT2D eigenvalue weighted by atomic mass is 10.3. The smallest absolute Gasteiger partial charge is 0.243 e. The van der Waals surface area contributed by atoms with Crippen molar-refractivity contribution in [3.8, 4) is 0 Å². The van der Waals surface area contributed by atoms with Crippen molar-refractivity contribution in [2.45, 2.75) is 0 Å². The molecule has 0 spiro atoms. The molecule has 0 heterocycles. The molecule has 1 rings (SSSR count). The van der Waals surface area contributed by atoms with Gasteiger partial charge in [0, 0.05) is 4.47 Å². The summed E-state index contributed by atoms with van der Waals surface area (Å²) in [5.74, 6) is -1.54. The number of para-hydroxylation sites is 1. The molecule has 0 atom stereocenters. The summed E-state index contributed by atoms with van der Waals surface area (Å²) in [5.41, 5.74) is 5.09. The number of rotatable bonds is 4. The highest BCUT2D eigenvalue weighted by molar-refractivity contribution is 9.10. The molecule has 0 aliphatic heterocycles. The Bertz CT molecular complexity index is 419. The highest BCUT2D eigenvalue weighted by Gasteiger charge is 2.10. The van der Waals surface area contributed by atoms with Gasteiger partial charge in [-0.05, 0) is 28.1 Å². The SMILES string of the molecule is NCC(=O)NCC(=O)Nc1c(F)cccc1Br. The van der Waals surface area contributed by atoms with Gasteiger partial charge in [0.2, 0.25) is 11.8 Å². The van der Waals surface area contributed by atoms with Crippen LogP contribution in [0.25, 0.3) is 0 Å². The Labute approximate surface area is 106 Å². The molecule has 5 nitrogen and oxygen atoms in total. The molecule has 0 saturated carbocycles. The summed E-state index contributed by atoms with van der Waals surface area (Å²) >= 11 is 3.11. The van der Waals surface area contributed by atoms with Crippen LogP contribution in [0.3, 0.4) is 0 Å². The normalized spacial score (nSPS) is 9.82. The first-order chi connectivity index (χ1) is 8.04. The monoisotopic (exact) mass is 303 g/mol. The standard InChI is InChI=1S/C10H11BrFN3O2/c11-6-2-1-3-7(12)10(6)15-9(17)5-14-8(16)4-13/h1-3H,4-5,13H2,(H,14,16)(H,15,17). The van der Waals surface area contributed by atoms with Crippen LogP contribution in [0, 0.1) is 5.82 Å². The van der Waals surface area contributed by atoms with Gasteiger partial charge < -0.3 is 16.4 Å². The van der Waals surface area contributed by atoms with Crippen molar-refractivity contribution in [1.82, 2.24) is 5.32 Å². The van der Waals surface area contributed by atoms with E-state index in [1.54, 1.807) is 6.07 Å². The molecule has 1 aromatic carbocycles. The van der Waals surface area contributed by atoms with Crippen LogP contribution in [0.15, 0.2) is 22.7 Å². The van der Waals surface area contributed by atoms with Crippen molar-refractivity contribution in [2.75, 3.05) is 18.4 Å². The van der Waals surface area contributed by atoms with Crippen LogP contribution in [-0.4, -0.2) is 24.9 Å². The van der Waals surface area contributed by atoms with Crippen LogP contribution in [-0.2, 0) is 9.59 Å². The summed E-state index contributed by atoms with van der Waals surface area (Å²) in [7, 11) is 0. The third kappa shape index (κ3) is 4.12. The van der Waals surface area contributed by atoms with Gasteiger partial charge >= 0.3 is 0 Å². The van der Waals surface area contributed by atoms with Gasteiger partial charge in [0.1, 0.15) is 5.82 Å². The predicted octanol–water partition coefficient (Wildman–Crippen LogP) is 0.602. The maximum absolute atomic E-state index is 13.3. The van der Waals surface area contributed by atoms with E-state index in [4.69, 9.17) is 5.73 Å². The Morgan fingerprint density at radius 1 is 1.35 bits per heavy atom. The minimum Gasteiger partial charge on any atom is -0.346 e. The lowest BCUT2D eigenvalue weighted by molar-refractivity contribution is -0.123. The van der Waals surface area contributed by atoms with E-state index in [1.807, 2.05) is 0 Å². The fraction of sp³-hybridized carbons (Fsp3) is 0.200. The molecule has 0 aliphatic carbocycles. The largest absolute Gasteiger partial charge is 0.346 e. The first kappa shape index (κ1) is 13.6. The maximum Gasteiger partial charge on any atom is 0.243 e. The molecular formula is C10H11BrFN3O2. The molecule has 17 heavy (non-hydrogen) atoms. The number of carbonyl (C=O) groups excluding carboxylic acids is 2. The molecule has 4 N–H and O–H groups in total. The number of carbonyl (C=O) groups is 2. The Morgan fingerprint density at radius 2 is 2.06 bits per heavy atom. The molecule has 92 valence electrons. The predicted molar refractivity (Wildman–Crippen MR) is 64.8 cm³/mol. The molecule has 0 saturated heterocycles. The van der Waals surface area contributed by atoms with E-state index in [2.05, 4.69) is 26.6 Å². The van der Waals surface area contributed by atoms with Crippen molar-refractivity contribution in [1.29, 1.82) is 0 Å². The van der Waals surface area contributed by atoms with Crippen LogP contribution < -0.4 is 16.4 Å². The van der Waals surface area contributed by atoms with Crippen LogP contribution in [0.1, 0.15) is 0 Å². The number of halogens is 2. The second-order valence-electron chi connectivity index (χ2n) is 3.13. The van der Waals surface area contributed by atoms with E-state index < -0.39 is 17.6 Å². The summed E-state index contributed by atoms with van der Waals surface area (Å²) in [6, 6.07) is 4.32. The number of benzene rings is 1. The van der Waals surface area contributed by atoms with Crippen LogP contribution in [0.4, 0.5) is 10.1 Å². The minimum atomic E-state index is -0.558. The molecule has 0 aliphatic rings. The lowest BCUT2D eigenvalue weighted by Crippen LogP contribution is -2.36. The van der Waals surface area contributed by atoms with Gasteiger partial charge in [-0.1, -0.05) is 6.07 Å². The zero-order valence-corrected chi connectivity index (χ0v) is 10.4. The van der Waals surface area contributed by atoms with E-state index in [0.29, 0.717) is 4.47 Å². The summed E-state index contributed by atoms with van der Waals surface area (Å²) in [6.45, 7) is -0.451. The topological polar surface area (TPSA) is 84.2 Å². The van der Waals surface area contributed by atoms with E-state index in [0.717, 1.165) is 0 Å². The number of hydrogen-bond donors (Lipinski definition) is 3. The summed E-state index contributed by atoms with van der Waals surface area (Å²) in [6.07, 6.45) is 0. The number of nitrogens with one attached hydrogen (secondary N) is 2. The summed E-state index contributed by atoms with van der Waals surface area (Å²) in [5, 5.41) is 4.62. The van der Waals surface area contributed by atoms with Gasteiger partial charge in [-0.25, -0.2) is 4.39 Å². The Kier molecular flexibility index (Phi) is 5.05. The van der Waals surface area contributed by atoms with Gasteiger partial charge in [-0.2, -0.15) is 0 Å². The molecule has 0 fully saturated rings. The van der Waals surface area contributed by atoms with Crippen LogP contribution in [0.2, 0.25) is 0 Å². The number of amides is 2. The fourth-order valence-corrected chi connectivity index (χ4v) is 1.49. The van der Waals surface area contributed by atoms with Crippen molar-refractivity contribution >= 4 is 33.4 Å². The number of hydrogen-bond acceptors (Lipinski definition) is 3. The third-order valence-corrected chi connectivity index (χ3v) is 2.52. The molecule has 1 aromatic rings. The second-order valence-corrected chi connectivity index (χ2v) is 3.98. The van der Waals surface area contributed by atoms with E-state index >= 15 is 0 Å². The first-order valence-electron chi connectivity index (χ1n) is 4.75. The zero-order valence-electron chi connectivity index (χ0n) is 8.80. The number of nitrogens with two attached hydrogens (primary N) is 1. The van der Waals surface area contributed by atoms with Crippen molar-refractivity contribution in [2.24, 2.45) is 5.73 Å². The van der Waals surface area contributed by atoms with E-state index in [1.165, 1.54) is 12.1 Å². The fourth-order valence-electron chi connectivity index (χ4n) is 1.05. The Balaban J connectivity index is 2.59. The van der Waals surface area contributed by atoms with Crippen LogP contribution in [0.5, 0.6) is 0 Å². The van der Waals surface area contributed by atoms with Crippen LogP contribution >= 0.6 is 15.9 Å². The van der Waals surface area contributed by atoms with E-state index in [9.17, 15) is 14.0 Å². The van der Waals surface area contributed by atoms with Crippen molar-refractivity contribution < 1.29 is 14.0 Å². The molecule has 0 unspecified atom stereocenters. The average Bonchev–Trinajstić information content (AvgIpc) is 2.31. The quantitative estimate of drug-likeness (QED) is 0.761. The summed E-state index contributed by atoms with van der Waals surface area (Å²) in [4.78, 5) is 22.2. The molecule has 2 amide bonds. The summed E-state index contributed by atoms with van der Waals surface area (Å²) < 4.78 is 13.8. The van der Waals surface area contributed by atoms with Gasteiger partial charge in [0.05, 0.1) is 18.8 Å². The van der Waals surface area contributed by atoms with Gasteiger partial charge in [-0.15, -0.1) is 0 Å². The van der Waals surface area contributed by atoms with Gasteiger partial charge in [-0.3, -0.25) is 9.59 Å². The van der Waals surface area contributed by atoms with Gasteiger partial charge in [0.25, 0.3) is 0 Å². The van der Waals surface area contributed by atoms with E-state index in [-0.39, 0.29) is 18.8 Å². The Hall–Kier alpha value is -1.47. The number of anilines is 1. The molecule has 0 aromatic heterocycles. The molecule has 7 heteroatoms. The maximum atomic E-state index is 13.3. The Morgan fingerprint density at radius 3 is 2.65 bits per heavy atom. The van der Waals surface area contributed by atoms with Gasteiger partial charge in [0.15, 0.2) is 0 Å².